The Bertz CT molecular complexity index is 2470. The Labute approximate surface area is 315 Å². The van der Waals surface area contributed by atoms with E-state index in [2.05, 4.69) is 25.6 Å². The molecule has 55 heavy (non-hydrogen) atoms. The van der Waals surface area contributed by atoms with Crippen LogP contribution in [-0.2, 0) is 15.5 Å². The molecule has 2 aromatic heterocycles. The maximum atomic E-state index is 16.3. The Morgan fingerprint density at radius 3 is 2.40 bits per heavy atom. The summed E-state index contributed by atoms with van der Waals surface area (Å²) < 4.78 is 37.5. The van der Waals surface area contributed by atoms with Crippen LogP contribution in [0, 0.1) is 5.92 Å². The maximum absolute atomic E-state index is 16.3. The molecule has 6 aromatic rings. The minimum Gasteiger partial charge on any atom is -0.453 e. The summed E-state index contributed by atoms with van der Waals surface area (Å²) in [6.45, 7) is 0.944. The van der Waals surface area contributed by atoms with Crippen molar-refractivity contribution in [1.29, 1.82) is 0 Å². The van der Waals surface area contributed by atoms with Gasteiger partial charge in [-0.1, -0.05) is 60.7 Å². The van der Waals surface area contributed by atoms with E-state index < -0.39 is 18.1 Å². The SMILES string of the molecule is COC(=O)N[C@@H](C(=O)N1C(c2nc3ccc(-c4ccc5c(c4)C(F)(F)c4cc(-c6cnc([C@@H]7CCCN7)[nH]6)ccc4-5)cc3[nH]2)C2CC[C@H]1C2)c1ccccc1. The number of halogens is 2. The molecule has 2 saturated heterocycles. The molecule has 0 radical (unpaired) electrons. The quantitative estimate of drug-likeness (QED) is 0.130. The number of methoxy groups -OCH3 is 1. The fourth-order valence-corrected chi connectivity index (χ4v) is 9.41. The summed E-state index contributed by atoms with van der Waals surface area (Å²) in [5.41, 5.74) is 6.00. The van der Waals surface area contributed by atoms with Gasteiger partial charge in [0.15, 0.2) is 0 Å². The molecule has 2 aliphatic heterocycles. The minimum absolute atomic E-state index is 0.0118. The Morgan fingerprint density at radius 1 is 0.891 bits per heavy atom. The van der Waals surface area contributed by atoms with Crippen LogP contribution in [0.15, 0.2) is 91.1 Å². The topological polar surface area (TPSA) is 128 Å². The molecule has 12 heteroatoms. The molecule has 4 N–H and O–H groups in total. The fraction of sp³-hybridized carbons (Fsp3) is 0.302. The number of hydrogen-bond acceptors (Lipinski definition) is 6. The smallest absolute Gasteiger partial charge is 0.407 e. The summed E-state index contributed by atoms with van der Waals surface area (Å²) >= 11 is 0. The highest BCUT2D eigenvalue weighted by atomic mass is 19.3. The van der Waals surface area contributed by atoms with Gasteiger partial charge >= 0.3 is 6.09 Å². The molecular weight excluding hydrogens is 701 g/mol. The standard InChI is InChI=1S/C43H39F2N7O3/c1-55-42(54)51-37(23-6-3-2-4-7-23)41(53)52-28-13-9-27(18-28)38(52)40-48-33-16-12-25(21-35(33)49-40)24-10-14-29-30-15-11-26(20-32(30)43(44,45)31(29)19-24)36-22-47-39(50-36)34-8-5-17-46-34/h2-4,6-7,10-12,14-16,19-22,27-28,34,37-38,46H,5,8-9,13,17-18H2,1H3,(H,47,50)(H,48,49)(H,51,54)/t27?,28-,34-,37+,38?/m0/s1. The molecular formula is C43H39F2N7O3. The van der Waals surface area contributed by atoms with Gasteiger partial charge in [-0.3, -0.25) is 4.79 Å². The molecule has 0 spiro atoms. The van der Waals surface area contributed by atoms with Crippen LogP contribution in [0.4, 0.5) is 13.6 Å². The van der Waals surface area contributed by atoms with Crippen LogP contribution in [-0.4, -0.2) is 56.5 Å². The van der Waals surface area contributed by atoms with E-state index in [9.17, 15) is 9.59 Å². The van der Waals surface area contributed by atoms with E-state index in [1.54, 1.807) is 30.5 Å². The Kier molecular flexibility index (Phi) is 7.88. The van der Waals surface area contributed by atoms with Crippen molar-refractivity contribution in [3.8, 4) is 33.5 Å². The van der Waals surface area contributed by atoms with Crippen molar-refractivity contribution < 1.29 is 23.1 Å². The molecule has 5 atom stereocenters. The van der Waals surface area contributed by atoms with Crippen molar-refractivity contribution in [1.82, 2.24) is 35.5 Å². The van der Waals surface area contributed by atoms with Crippen LogP contribution < -0.4 is 10.6 Å². The average molecular weight is 740 g/mol. The predicted octanol–water partition coefficient (Wildman–Crippen LogP) is 8.31. The zero-order valence-electron chi connectivity index (χ0n) is 30.1. The Morgan fingerprint density at radius 2 is 1.64 bits per heavy atom. The highest BCUT2D eigenvalue weighted by molar-refractivity contribution is 5.89. The molecule has 4 heterocycles. The number of alkyl halides is 2. The number of carbonyl (C=O) groups is 2. The molecule has 4 aliphatic rings. The lowest BCUT2D eigenvalue weighted by Gasteiger charge is -2.36. The van der Waals surface area contributed by atoms with Gasteiger partial charge < -0.3 is 30.2 Å². The highest BCUT2D eigenvalue weighted by Crippen LogP contribution is 2.53. The lowest BCUT2D eigenvalue weighted by Crippen LogP contribution is -2.47. The third-order valence-corrected chi connectivity index (χ3v) is 12.1. The lowest BCUT2D eigenvalue weighted by atomic mass is 9.96. The summed E-state index contributed by atoms with van der Waals surface area (Å²) in [7, 11) is 1.28. The van der Waals surface area contributed by atoms with Gasteiger partial charge in [0, 0.05) is 22.7 Å². The summed E-state index contributed by atoms with van der Waals surface area (Å²) in [6, 6.07) is 24.4. The van der Waals surface area contributed by atoms with E-state index in [-0.39, 0.29) is 41.1 Å². The number of ether oxygens (including phenoxy) is 1. The van der Waals surface area contributed by atoms with Crippen LogP contribution >= 0.6 is 0 Å². The zero-order valence-corrected chi connectivity index (χ0v) is 30.1. The molecule has 1 saturated carbocycles. The van der Waals surface area contributed by atoms with Crippen molar-refractivity contribution in [2.24, 2.45) is 5.92 Å². The molecule has 2 aliphatic carbocycles. The maximum Gasteiger partial charge on any atom is 0.407 e. The molecule has 10 nitrogen and oxygen atoms in total. The number of nitrogens with one attached hydrogen (secondary N) is 4. The highest BCUT2D eigenvalue weighted by Gasteiger charge is 2.51. The van der Waals surface area contributed by atoms with Crippen LogP contribution in [0.25, 0.3) is 44.5 Å². The number of fused-ring (bicyclic) bond motifs is 6. The second kappa shape index (κ2) is 12.9. The third kappa shape index (κ3) is 5.52. The van der Waals surface area contributed by atoms with Gasteiger partial charge in [-0.2, -0.15) is 8.78 Å². The van der Waals surface area contributed by atoms with Gasteiger partial charge in [-0.15, -0.1) is 0 Å². The van der Waals surface area contributed by atoms with Crippen molar-refractivity contribution in [3.63, 3.8) is 0 Å². The van der Waals surface area contributed by atoms with Crippen molar-refractivity contribution >= 4 is 23.0 Å². The Hall–Kier alpha value is -5.88. The van der Waals surface area contributed by atoms with Gasteiger partial charge in [0.1, 0.15) is 17.7 Å². The van der Waals surface area contributed by atoms with E-state index in [4.69, 9.17) is 9.72 Å². The minimum atomic E-state index is -3.18. The Balaban J connectivity index is 0.940. The number of hydrogen-bond donors (Lipinski definition) is 4. The molecule has 3 fully saturated rings. The number of nitrogens with zero attached hydrogens (tertiary/aromatic N) is 3. The molecule has 278 valence electrons. The number of amides is 2. The van der Waals surface area contributed by atoms with Crippen LogP contribution in [0.5, 0.6) is 0 Å². The van der Waals surface area contributed by atoms with Gasteiger partial charge in [0.2, 0.25) is 0 Å². The summed E-state index contributed by atoms with van der Waals surface area (Å²) in [5.74, 6) is -1.68. The number of carbonyl (C=O) groups excluding carboxylic acids is 2. The van der Waals surface area contributed by atoms with Crippen molar-refractivity contribution in [2.45, 2.75) is 62.2 Å². The second-order valence-corrected chi connectivity index (χ2v) is 15.2. The second-order valence-electron chi connectivity index (χ2n) is 15.2. The predicted molar refractivity (Wildman–Crippen MR) is 203 cm³/mol. The van der Waals surface area contributed by atoms with Gasteiger partial charge in [0.25, 0.3) is 11.8 Å². The molecule has 2 amide bonds. The molecule has 2 bridgehead atoms. The number of rotatable bonds is 7. The number of likely N-dealkylation sites (tertiary alicyclic amines) is 1. The first-order valence-corrected chi connectivity index (χ1v) is 18.9. The van der Waals surface area contributed by atoms with E-state index in [0.717, 1.165) is 66.8 Å². The number of benzene rings is 4. The number of H-pyrrole nitrogens is 2. The van der Waals surface area contributed by atoms with E-state index in [1.807, 2.05) is 65.6 Å². The number of imidazole rings is 2. The number of aromatic amines is 2. The monoisotopic (exact) mass is 739 g/mol. The first kappa shape index (κ1) is 33.7. The molecule has 4 aromatic carbocycles. The van der Waals surface area contributed by atoms with Gasteiger partial charge in [-0.05, 0) is 96.6 Å². The number of piperidine rings is 1. The van der Waals surface area contributed by atoms with E-state index in [1.165, 1.54) is 7.11 Å². The third-order valence-electron chi connectivity index (χ3n) is 12.1. The van der Waals surface area contributed by atoms with E-state index in [0.29, 0.717) is 33.6 Å². The summed E-state index contributed by atoms with van der Waals surface area (Å²) in [6.07, 6.45) is 5.83. The van der Waals surface area contributed by atoms with Crippen LogP contribution in [0.3, 0.4) is 0 Å². The largest absolute Gasteiger partial charge is 0.453 e. The summed E-state index contributed by atoms with van der Waals surface area (Å²) in [4.78, 5) is 45.0. The first-order valence-electron chi connectivity index (χ1n) is 18.9. The number of alkyl carbamates (subject to hydrolysis) is 1. The zero-order chi connectivity index (χ0) is 37.4. The lowest BCUT2D eigenvalue weighted by molar-refractivity contribution is -0.138. The van der Waals surface area contributed by atoms with Gasteiger partial charge in [0.05, 0.1) is 42.1 Å². The van der Waals surface area contributed by atoms with Crippen LogP contribution in [0.1, 0.15) is 78.6 Å². The average Bonchev–Trinajstić information content (AvgIpc) is 4.08. The fourth-order valence-electron chi connectivity index (χ4n) is 9.41. The van der Waals surface area contributed by atoms with Crippen LogP contribution in [0.2, 0.25) is 0 Å². The number of aromatic nitrogens is 4. The van der Waals surface area contributed by atoms with E-state index >= 15 is 8.78 Å². The van der Waals surface area contributed by atoms with Gasteiger partial charge in [-0.25, -0.2) is 14.8 Å². The normalized spacial score (nSPS) is 22.5. The van der Waals surface area contributed by atoms with Crippen molar-refractivity contribution in [3.05, 3.63) is 119 Å². The summed E-state index contributed by atoms with van der Waals surface area (Å²) in [5, 5.41) is 6.18. The first-order chi connectivity index (χ1) is 26.8. The van der Waals surface area contributed by atoms with Crippen molar-refractivity contribution in [2.75, 3.05) is 13.7 Å². The molecule has 10 rings (SSSR count). The molecule has 2 unspecified atom stereocenters.